The van der Waals surface area contributed by atoms with E-state index in [0.717, 1.165) is 71.2 Å². The van der Waals surface area contributed by atoms with Crippen molar-refractivity contribution < 1.29 is 4.42 Å². The number of nitrogens with zero attached hydrogens (tertiary/aromatic N) is 2. The second-order valence-electron chi connectivity index (χ2n) is 11.8. The van der Waals surface area contributed by atoms with Gasteiger partial charge in [0, 0.05) is 42.9 Å². The van der Waals surface area contributed by atoms with Crippen LogP contribution in [0.3, 0.4) is 0 Å². The Bertz CT molecular complexity index is 2740. The molecule has 5 heteroatoms. The number of thiophene rings is 1. The van der Waals surface area contributed by atoms with E-state index in [1.807, 2.05) is 12.1 Å². The summed E-state index contributed by atoms with van der Waals surface area (Å²) in [7, 11) is 0. The molecule has 1 unspecified atom stereocenters. The third-order valence-electron chi connectivity index (χ3n) is 9.13. The van der Waals surface area contributed by atoms with Crippen molar-refractivity contribution in [2.24, 2.45) is 9.98 Å². The lowest BCUT2D eigenvalue weighted by Crippen LogP contribution is -2.36. The molecule has 7 aromatic carbocycles. The number of hydrogen-bond donors (Lipinski definition) is 1. The SMILES string of the molecule is c1ccc2c(C3=NC(c4cccc5ccccc45)N=C(c4cc5c6ccccc6oc5c5c4sc4ccccc45)N3)cccc2c1. The highest BCUT2D eigenvalue weighted by molar-refractivity contribution is 7.26. The average Bonchev–Trinajstić information content (AvgIpc) is 3.69. The minimum atomic E-state index is -0.433. The molecule has 46 heavy (non-hydrogen) atoms. The molecule has 1 aliphatic rings. The molecule has 3 heterocycles. The zero-order valence-corrected chi connectivity index (χ0v) is 25.4. The van der Waals surface area contributed by atoms with Crippen LogP contribution in [-0.2, 0) is 0 Å². The number of benzene rings is 7. The van der Waals surface area contributed by atoms with Crippen LogP contribution in [0.4, 0.5) is 0 Å². The molecule has 0 spiro atoms. The smallest absolute Gasteiger partial charge is 0.170 e. The molecular weight excluding hydrogens is 583 g/mol. The highest BCUT2D eigenvalue weighted by atomic mass is 32.1. The predicted octanol–water partition coefficient (Wildman–Crippen LogP) is 10.8. The highest BCUT2D eigenvalue weighted by Gasteiger charge is 2.26. The van der Waals surface area contributed by atoms with E-state index in [9.17, 15) is 0 Å². The van der Waals surface area contributed by atoms with Gasteiger partial charge in [0.2, 0.25) is 0 Å². The van der Waals surface area contributed by atoms with Crippen LogP contribution < -0.4 is 5.32 Å². The number of fused-ring (bicyclic) bond motifs is 9. The summed E-state index contributed by atoms with van der Waals surface area (Å²) in [6.45, 7) is 0. The molecule has 0 saturated carbocycles. The lowest BCUT2D eigenvalue weighted by molar-refractivity contribution is 0.673. The van der Waals surface area contributed by atoms with E-state index >= 15 is 0 Å². The van der Waals surface area contributed by atoms with Crippen LogP contribution in [0.1, 0.15) is 22.9 Å². The van der Waals surface area contributed by atoms with E-state index in [4.69, 9.17) is 14.4 Å². The first-order chi connectivity index (χ1) is 22.8. The van der Waals surface area contributed by atoms with Crippen LogP contribution in [0.25, 0.3) is 63.7 Å². The molecule has 9 aromatic rings. The minimum Gasteiger partial charge on any atom is -0.455 e. The minimum absolute atomic E-state index is 0.433. The molecular formula is C41H25N3OS. The molecule has 0 aliphatic carbocycles. The molecule has 2 aromatic heterocycles. The zero-order valence-electron chi connectivity index (χ0n) is 24.6. The van der Waals surface area contributed by atoms with E-state index in [0.29, 0.717) is 0 Å². The molecule has 0 saturated heterocycles. The van der Waals surface area contributed by atoms with E-state index in [-0.39, 0.29) is 0 Å². The first-order valence-corrected chi connectivity index (χ1v) is 16.3. The van der Waals surface area contributed by atoms with Gasteiger partial charge >= 0.3 is 0 Å². The second kappa shape index (κ2) is 9.86. The number of rotatable bonds is 3. The van der Waals surface area contributed by atoms with Gasteiger partial charge in [0.05, 0.1) is 4.70 Å². The molecule has 10 rings (SSSR count). The predicted molar refractivity (Wildman–Crippen MR) is 193 cm³/mol. The summed E-state index contributed by atoms with van der Waals surface area (Å²) in [5.74, 6) is 1.62. The standard InChI is InChI=1S/C41H25N3OS/c1-3-15-26-24(11-1)13-9-19-29(26)39-42-40(30-20-10-14-25-12-2-4-16-27(25)30)44-41(43-39)33-23-32-28-17-5-7-21-34(28)45-37(32)36-31-18-6-8-22-35(31)46-38(33)36/h1-23,39H,(H,42,43,44). The third kappa shape index (κ3) is 3.79. The van der Waals surface area contributed by atoms with Crippen LogP contribution in [0.15, 0.2) is 154 Å². The Hall–Kier alpha value is -5.78. The van der Waals surface area contributed by atoms with E-state index in [2.05, 4.69) is 133 Å². The first kappa shape index (κ1) is 25.5. The Balaban J connectivity index is 1.28. The van der Waals surface area contributed by atoms with Crippen LogP contribution in [0.2, 0.25) is 0 Å². The van der Waals surface area contributed by atoms with Crippen LogP contribution in [-0.4, -0.2) is 11.7 Å². The maximum absolute atomic E-state index is 6.57. The molecule has 0 bridgehead atoms. The van der Waals surface area contributed by atoms with Crippen molar-refractivity contribution in [1.29, 1.82) is 0 Å². The van der Waals surface area contributed by atoms with Crippen molar-refractivity contribution >= 4 is 86.7 Å². The lowest BCUT2D eigenvalue weighted by atomic mass is 9.99. The van der Waals surface area contributed by atoms with E-state index in [1.54, 1.807) is 11.3 Å². The Labute approximate surface area is 267 Å². The van der Waals surface area contributed by atoms with Gasteiger partial charge in [-0.1, -0.05) is 121 Å². The molecule has 1 N–H and O–H groups in total. The monoisotopic (exact) mass is 607 g/mol. The maximum Gasteiger partial charge on any atom is 0.170 e. The third-order valence-corrected chi connectivity index (χ3v) is 10.3. The van der Waals surface area contributed by atoms with Gasteiger partial charge in [-0.15, -0.1) is 11.3 Å². The molecule has 0 fully saturated rings. The maximum atomic E-state index is 6.57. The molecule has 216 valence electrons. The normalized spacial score (nSPS) is 15.2. The van der Waals surface area contributed by atoms with Gasteiger partial charge in [0.1, 0.15) is 22.8 Å². The van der Waals surface area contributed by atoms with Crippen molar-refractivity contribution in [3.63, 3.8) is 0 Å². The number of hydrogen-bond acceptors (Lipinski definition) is 5. The van der Waals surface area contributed by atoms with Crippen LogP contribution in [0, 0.1) is 0 Å². The summed E-state index contributed by atoms with van der Waals surface area (Å²) in [6.07, 6.45) is -0.433. The number of amidine groups is 2. The fourth-order valence-corrected chi connectivity index (χ4v) is 8.23. The number of aliphatic imine (C=N–C) groups is 2. The fraction of sp³-hybridized carbons (Fsp3) is 0.0244. The van der Waals surface area contributed by atoms with Gasteiger partial charge in [-0.3, -0.25) is 0 Å². The number of para-hydroxylation sites is 1. The fourth-order valence-electron chi connectivity index (χ4n) is 7.01. The quantitative estimate of drug-likeness (QED) is 0.217. The van der Waals surface area contributed by atoms with Gasteiger partial charge in [0.15, 0.2) is 6.17 Å². The van der Waals surface area contributed by atoms with Gasteiger partial charge in [0.25, 0.3) is 0 Å². The van der Waals surface area contributed by atoms with Crippen molar-refractivity contribution in [3.8, 4) is 0 Å². The van der Waals surface area contributed by atoms with Gasteiger partial charge < -0.3 is 9.73 Å². The van der Waals surface area contributed by atoms with Crippen LogP contribution in [0.5, 0.6) is 0 Å². The molecule has 4 nitrogen and oxygen atoms in total. The van der Waals surface area contributed by atoms with E-state index < -0.39 is 6.17 Å². The van der Waals surface area contributed by atoms with Crippen molar-refractivity contribution in [2.45, 2.75) is 6.17 Å². The Kier molecular flexibility index (Phi) is 5.47. The highest BCUT2D eigenvalue weighted by Crippen LogP contribution is 2.44. The first-order valence-electron chi connectivity index (χ1n) is 15.4. The Morgan fingerprint density at radius 1 is 0.543 bits per heavy atom. The lowest BCUT2D eigenvalue weighted by Gasteiger charge is -2.24. The van der Waals surface area contributed by atoms with Gasteiger partial charge in [-0.2, -0.15) is 0 Å². The summed E-state index contributed by atoms with van der Waals surface area (Å²) >= 11 is 1.79. The largest absolute Gasteiger partial charge is 0.455 e. The summed E-state index contributed by atoms with van der Waals surface area (Å²) < 4.78 is 8.94. The summed E-state index contributed by atoms with van der Waals surface area (Å²) in [4.78, 5) is 10.7. The van der Waals surface area contributed by atoms with E-state index in [1.165, 1.54) is 20.9 Å². The number of furan rings is 1. The Morgan fingerprint density at radius 2 is 1.17 bits per heavy atom. The number of nitrogens with one attached hydrogen (secondary N) is 1. The molecule has 1 atom stereocenters. The summed E-state index contributed by atoms with van der Waals surface area (Å²) in [5, 5.41) is 12.9. The summed E-state index contributed by atoms with van der Waals surface area (Å²) in [5.41, 5.74) is 4.99. The molecule has 0 radical (unpaired) electrons. The topological polar surface area (TPSA) is 49.9 Å². The average molecular weight is 608 g/mol. The van der Waals surface area contributed by atoms with Crippen molar-refractivity contribution in [1.82, 2.24) is 5.32 Å². The van der Waals surface area contributed by atoms with Crippen LogP contribution >= 0.6 is 11.3 Å². The molecule has 1 aliphatic heterocycles. The van der Waals surface area contributed by atoms with Gasteiger partial charge in [-0.25, -0.2) is 9.98 Å². The van der Waals surface area contributed by atoms with Gasteiger partial charge in [-0.05, 0) is 39.7 Å². The van der Waals surface area contributed by atoms with Crippen molar-refractivity contribution in [3.05, 3.63) is 156 Å². The summed E-state index contributed by atoms with van der Waals surface area (Å²) in [6, 6.07) is 49.0. The Morgan fingerprint density at radius 3 is 2.02 bits per heavy atom. The van der Waals surface area contributed by atoms with Crippen molar-refractivity contribution in [2.75, 3.05) is 0 Å². The second-order valence-corrected chi connectivity index (χ2v) is 12.8. The molecule has 0 amide bonds. The zero-order chi connectivity index (χ0) is 30.2.